The molecule has 2 unspecified atom stereocenters. The Labute approximate surface area is 110 Å². The maximum absolute atomic E-state index is 10.7. The fourth-order valence-electron chi connectivity index (χ4n) is 1.53. The van der Waals surface area contributed by atoms with Crippen molar-refractivity contribution in [3.63, 3.8) is 0 Å². The van der Waals surface area contributed by atoms with Gasteiger partial charge in [0, 0.05) is 6.92 Å². The maximum atomic E-state index is 9.87. The van der Waals surface area contributed by atoms with E-state index in [0.29, 0.717) is 6.23 Å². The average molecular weight is 319 g/mol. The van der Waals surface area contributed by atoms with Gasteiger partial charge in [0.15, 0.2) is 6.23 Å². The predicted octanol–water partition coefficient (Wildman–Crippen LogP) is 5.63. The van der Waals surface area contributed by atoms with Gasteiger partial charge < -0.3 is 9.22 Å². The van der Waals surface area contributed by atoms with Gasteiger partial charge in [-0.05, 0) is 20.3 Å². The van der Waals surface area contributed by atoms with Crippen molar-refractivity contribution in [2.24, 2.45) is 0 Å². The summed E-state index contributed by atoms with van der Waals surface area (Å²) in [4.78, 5) is 0. The standard InChI is InChI=1S/C10H24NO.F6P/c1-6-9-11(5,7-2)10(4)12-8-3;1-7(2,3,4,5)6/h10H,6-9H2,1-5H3;/q+1;-1. The zero-order chi connectivity index (χ0) is 16.0. The summed E-state index contributed by atoms with van der Waals surface area (Å²) in [5, 5.41) is 0. The molecule has 0 aromatic rings. The van der Waals surface area contributed by atoms with Crippen molar-refractivity contribution in [1.82, 2.24) is 0 Å². The Morgan fingerprint density at radius 1 is 1.00 bits per heavy atom. The first kappa shape index (κ1) is 21.2. The van der Waals surface area contributed by atoms with Crippen LogP contribution in [0.2, 0.25) is 0 Å². The molecule has 0 N–H and O–H groups in total. The summed E-state index contributed by atoms with van der Waals surface area (Å²) in [7, 11) is -8.39. The number of nitrogens with zero attached hydrogens (tertiary/aromatic N) is 1. The third kappa shape index (κ3) is 17.9. The fourth-order valence-corrected chi connectivity index (χ4v) is 1.53. The molecule has 0 aliphatic carbocycles. The third-order valence-electron chi connectivity index (χ3n) is 2.74. The number of quaternary nitrogens is 1. The van der Waals surface area contributed by atoms with Crippen molar-refractivity contribution in [3.05, 3.63) is 0 Å². The van der Waals surface area contributed by atoms with Gasteiger partial charge >= 0.3 is 33.0 Å². The first-order valence-corrected chi connectivity index (χ1v) is 8.10. The van der Waals surface area contributed by atoms with Gasteiger partial charge in [0.1, 0.15) is 0 Å². The van der Waals surface area contributed by atoms with E-state index in [9.17, 15) is 25.2 Å². The Bertz CT molecular complexity index is 255. The number of halogens is 6. The second-order valence-electron chi connectivity index (χ2n) is 4.53. The monoisotopic (exact) mass is 319 g/mol. The number of hydrogen-bond donors (Lipinski definition) is 0. The van der Waals surface area contributed by atoms with E-state index in [2.05, 4.69) is 34.7 Å². The zero-order valence-corrected chi connectivity index (χ0v) is 12.9. The van der Waals surface area contributed by atoms with Crippen LogP contribution in [0.5, 0.6) is 0 Å². The Balaban J connectivity index is 0. The van der Waals surface area contributed by atoms with Gasteiger partial charge in [0.2, 0.25) is 0 Å². The van der Waals surface area contributed by atoms with Crippen LogP contribution in [0, 0.1) is 0 Å². The van der Waals surface area contributed by atoms with Crippen LogP contribution in [-0.2, 0) is 4.74 Å². The molecule has 0 aliphatic heterocycles. The average Bonchev–Trinajstić information content (AvgIpc) is 2.13. The molecule has 122 valence electrons. The van der Waals surface area contributed by atoms with E-state index in [1.54, 1.807) is 0 Å². The van der Waals surface area contributed by atoms with Crippen LogP contribution in [0.15, 0.2) is 0 Å². The SMILES string of the molecule is CCC[N+](C)(CC)C(C)OCC.F[P-](F)(F)(F)(F)F. The van der Waals surface area contributed by atoms with Crippen LogP contribution in [-0.4, -0.2) is 37.5 Å². The van der Waals surface area contributed by atoms with Crippen molar-refractivity contribution in [1.29, 1.82) is 0 Å². The summed E-state index contributed by atoms with van der Waals surface area (Å²) in [6, 6.07) is 0. The van der Waals surface area contributed by atoms with E-state index in [1.807, 2.05) is 0 Å². The van der Waals surface area contributed by atoms with Gasteiger partial charge in [-0.1, -0.05) is 6.92 Å². The van der Waals surface area contributed by atoms with Gasteiger partial charge in [-0.25, -0.2) is 0 Å². The van der Waals surface area contributed by atoms with Crippen LogP contribution in [0.1, 0.15) is 34.1 Å². The molecule has 0 amide bonds. The molecule has 0 bridgehead atoms. The normalized spacial score (nSPS) is 20.4. The van der Waals surface area contributed by atoms with Gasteiger partial charge in [-0.3, -0.25) is 0 Å². The third-order valence-corrected chi connectivity index (χ3v) is 2.74. The molecule has 19 heavy (non-hydrogen) atoms. The molecule has 0 radical (unpaired) electrons. The Morgan fingerprint density at radius 3 is 1.58 bits per heavy atom. The van der Waals surface area contributed by atoms with Gasteiger partial charge in [0.25, 0.3) is 0 Å². The molecule has 0 aromatic heterocycles. The Kier molecular flexibility index (Phi) is 6.86. The zero-order valence-electron chi connectivity index (χ0n) is 12.0. The van der Waals surface area contributed by atoms with Crippen LogP contribution >= 0.6 is 7.81 Å². The molecule has 0 saturated carbocycles. The molecule has 0 fully saturated rings. The number of rotatable bonds is 6. The first-order valence-electron chi connectivity index (χ1n) is 6.08. The number of ether oxygens (including phenoxy) is 1. The molecule has 0 heterocycles. The van der Waals surface area contributed by atoms with Crippen LogP contribution in [0.4, 0.5) is 25.2 Å². The number of hydrogen-bond acceptors (Lipinski definition) is 1. The second kappa shape index (κ2) is 6.14. The summed E-state index contributed by atoms with van der Waals surface area (Å²) in [6.45, 7) is 11.9. The molecular formula is C10H24F6NOP. The molecule has 0 aliphatic rings. The molecule has 0 rings (SSSR count). The Hall–Kier alpha value is -0.0700. The molecule has 9 heteroatoms. The van der Waals surface area contributed by atoms with Crippen LogP contribution < -0.4 is 0 Å². The van der Waals surface area contributed by atoms with E-state index < -0.39 is 7.81 Å². The summed E-state index contributed by atoms with van der Waals surface area (Å²) < 4.78 is 65.8. The quantitative estimate of drug-likeness (QED) is 0.267. The molecular weight excluding hydrogens is 295 g/mol. The van der Waals surface area contributed by atoms with Crippen LogP contribution in [0.3, 0.4) is 0 Å². The van der Waals surface area contributed by atoms with E-state index in [-0.39, 0.29) is 0 Å². The summed E-state index contributed by atoms with van der Waals surface area (Å²) in [5.41, 5.74) is 0. The Morgan fingerprint density at radius 2 is 1.37 bits per heavy atom. The molecule has 0 spiro atoms. The topological polar surface area (TPSA) is 9.23 Å². The van der Waals surface area contributed by atoms with E-state index in [4.69, 9.17) is 4.74 Å². The molecule has 2 nitrogen and oxygen atoms in total. The van der Waals surface area contributed by atoms with Gasteiger partial charge in [0.05, 0.1) is 26.7 Å². The van der Waals surface area contributed by atoms with Crippen molar-refractivity contribution >= 4 is 7.81 Å². The molecule has 0 aromatic carbocycles. The minimum atomic E-state index is -10.7. The van der Waals surface area contributed by atoms with E-state index >= 15 is 0 Å². The van der Waals surface area contributed by atoms with Gasteiger partial charge in [-0.15, -0.1) is 0 Å². The van der Waals surface area contributed by atoms with Crippen molar-refractivity contribution in [2.75, 3.05) is 26.7 Å². The molecule has 0 saturated heterocycles. The van der Waals surface area contributed by atoms with Crippen molar-refractivity contribution < 1.29 is 34.4 Å². The summed E-state index contributed by atoms with van der Waals surface area (Å²) in [6.07, 6.45) is 1.56. The predicted molar refractivity (Wildman–Crippen MR) is 66.5 cm³/mol. The van der Waals surface area contributed by atoms with Crippen LogP contribution in [0.25, 0.3) is 0 Å². The van der Waals surface area contributed by atoms with E-state index in [1.165, 1.54) is 13.0 Å². The van der Waals surface area contributed by atoms with E-state index in [0.717, 1.165) is 17.6 Å². The summed E-state index contributed by atoms with van der Waals surface area (Å²) >= 11 is 0. The minimum absolute atomic E-state index is 0.333. The summed E-state index contributed by atoms with van der Waals surface area (Å²) in [5.74, 6) is 0. The molecule has 2 atom stereocenters. The fraction of sp³-hybridized carbons (Fsp3) is 1.00. The van der Waals surface area contributed by atoms with Crippen molar-refractivity contribution in [3.8, 4) is 0 Å². The van der Waals surface area contributed by atoms with Gasteiger partial charge in [-0.2, -0.15) is 0 Å². The second-order valence-corrected chi connectivity index (χ2v) is 6.45. The van der Waals surface area contributed by atoms with Crippen molar-refractivity contribution in [2.45, 2.75) is 40.3 Å². The first-order chi connectivity index (χ1) is 8.05.